The molecule has 20 heavy (non-hydrogen) atoms. The lowest BCUT2D eigenvalue weighted by Crippen LogP contribution is -2.08. The standard InChI is InChI=1S/C15H18ClN3O/c1-3-8-17-14-9-11(2)18-15(19-14)10-20-13-7-5-4-6-12(13)16/h4-7,9H,3,8,10H2,1-2H3,(H,17,18,19). The van der Waals surface area contributed by atoms with Gasteiger partial charge < -0.3 is 10.1 Å². The second-order valence-corrected chi connectivity index (χ2v) is 4.86. The van der Waals surface area contributed by atoms with Crippen LogP contribution in [0.25, 0.3) is 0 Å². The van der Waals surface area contributed by atoms with E-state index in [1.807, 2.05) is 31.2 Å². The quantitative estimate of drug-likeness (QED) is 0.878. The van der Waals surface area contributed by atoms with Crippen LogP contribution in [0.3, 0.4) is 0 Å². The number of aryl methyl sites for hydroxylation is 1. The Hall–Kier alpha value is -1.81. The van der Waals surface area contributed by atoms with Crippen molar-refractivity contribution in [3.63, 3.8) is 0 Å². The van der Waals surface area contributed by atoms with Crippen molar-refractivity contribution in [2.75, 3.05) is 11.9 Å². The molecule has 1 aromatic heterocycles. The highest BCUT2D eigenvalue weighted by atomic mass is 35.5. The fraction of sp³-hybridized carbons (Fsp3) is 0.333. The lowest BCUT2D eigenvalue weighted by Gasteiger charge is -2.09. The first-order valence-corrected chi connectivity index (χ1v) is 7.02. The fourth-order valence-corrected chi connectivity index (χ4v) is 1.93. The molecule has 2 rings (SSSR count). The molecule has 0 amide bonds. The first-order valence-electron chi connectivity index (χ1n) is 6.65. The minimum absolute atomic E-state index is 0.298. The van der Waals surface area contributed by atoms with E-state index < -0.39 is 0 Å². The van der Waals surface area contributed by atoms with E-state index in [1.54, 1.807) is 6.07 Å². The monoisotopic (exact) mass is 291 g/mol. The molecule has 0 atom stereocenters. The van der Waals surface area contributed by atoms with E-state index in [4.69, 9.17) is 16.3 Å². The van der Waals surface area contributed by atoms with Crippen molar-refractivity contribution in [3.05, 3.63) is 46.9 Å². The van der Waals surface area contributed by atoms with Gasteiger partial charge in [-0.3, -0.25) is 0 Å². The third-order valence-corrected chi connectivity index (χ3v) is 2.96. The van der Waals surface area contributed by atoms with Crippen molar-refractivity contribution in [2.45, 2.75) is 26.9 Å². The largest absolute Gasteiger partial charge is 0.484 e. The van der Waals surface area contributed by atoms with Gasteiger partial charge in [0.05, 0.1) is 5.02 Å². The van der Waals surface area contributed by atoms with Crippen LogP contribution < -0.4 is 10.1 Å². The van der Waals surface area contributed by atoms with E-state index in [1.165, 1.54) is 0 Å². The predicted molar refractivity (Wildman–Crippen MR) is 81.3 cm³/mol. The van der Waals surface area contributed by atoms with Gasteiger partial charge in [0.15, 0.2) is 5.82 Å². The van der Waals surface area contributed by atoms with Crippen LogP contribution >= 0.6 is 11.6 Å². The molecular formula is C15H18ClN3O. The van der Waals surface area contributed by atoms with Gasteiger partial charge in [-0.25, -0.2) is 9.97 Å². The van der Waals surface area contributed by atoms with Gasteiger partial charge in [0, 0.05) is 18.3 Å². The molecule has 1 heterocycles. The Balaban J connectivity index is 2.05. The van der Waals surface area contributed by atoms with Crippen LogP contribution in [-0.4, -0.2) is 16.5 Å². The summed E-state index contributed by atoms with van der Waals surface area (Å²) in [6.45, 7) is 5.24. The number of anilines is 1. The number of nitrogens with zero attached hydrogens (tertiary/aromatic N) is 2. The zero-order valence-corrected chi connectivity index (χ0v) is 12.4. The van der Waals surface area contributed by atoms with E-state index in [0.717, 1.165) is 24.5 Å². The van der Waals surface area contributed by atoms with Crippen LogP contribution in [-0.2, 0) is 6.61 Å². The second-order valence-electron chi connectivity index (χ2n) is 4.46. The van der Waals surface area contributed by atoms with E-state index in [0.29, 0.717) is 23.2 Å². The molecule has 0 saturated heterocycles. The lowest BCUT2D eigenvalue weighted by molar-refractivity contribution is 0.296. The van der Waals surface area contributed by atoms with E-state index in [2.05, 4.69) is 22.2 Å². The minimum Gasteiger partial charge on any atom is -0.484 e. The summed E-state index contributed by atoms with van der Waals surface area (Å²) in [4.78, 5) is 8.79. The molecule has 1 aromatic carbocycles. The Kier molecular flexibility index (Phi) is 5.18. The van der Waals surface area contributed by atoms with Crippen LogP contribution in [0.2, 0.25) is 5.02 Å². The summed E-state index contributed by atoms with van der Waals surface area (Å²) < 4.78 is 5.65. The topological polar surface area (TPSA) is 47.0 Å². The SMILES string of the molecule is CCCNc1cc(C)nc(COc2ccccc2Cl)n1. The molecule has 4 nitrogen and oxygen atoms in total. The normalized spacial score (nSPS) is 10.3. The zero-order chi connectivity index (χ0) is 14.4. The van der Waals surface area contributed by atoms with Crippen molar-refractivity contribution < 1.29 is 4.74 Å². The Bertz CT molecular complexity index is 575. The van der Waals surface area contributed by atoms with Crippen molar-refractivity contribution in [1.29, 1.82) is 0 Å². The van der Waals surface area contributed by atoms with Gasteiger partial charge >= 0.3 is 0 Å². The van der Waals surface area contributed by atoms with Crippen LogP contribution in [0.5, 0.6) is 5.75 Å². The summed E-state index contributed by atoms with van der Waals surface area (Å²) in [6.07, 6.45) is 1.05. The van der Waals surface area contributed by atoms with Gasteiger partial charge in [0.2, 0.25) is 0 Å². The highest BCUT2D eigenvalue weighted by Crippen LogP contribution is 2.23. The van der Waals surface area contributed by atoms with Crippen molar-refractivity contribution >= 4 is 17.4 Å². The van der Waals surface area contributed by atoms with E-state index in [9.17, 15) is 0 Å². The molecule has 1 N–H and O–H groups in total. The lowest BCUT2D eigenvalue weighted by atomic mass is 10.3. The molecule has 0 aliphatic heterocycles. The fourth-order valence-electron chi connectivity index (χ4n) is 1.74. The Morgan fingerprint density at radius 2 is 2.05 bits per heavy atom. The highest BCUT2D eigenvalue weighted by Gasteiger charge is 2.05. The number of hydrogen-bond acceptors (Lipinski definition) is 4. The van der Waals surface area contributed by atoms with Crippen molar-refractivity contribution in [3.8, 4) is 5.75 Å². The summed E-state index contributed by atoms with van der Waals surface area (Å²) in [7, 11) is 0. The summed E-state index contributed by atoms with van der Waals surface area (Å²) in [6, 6.07) is 9.29. The summed E-state index contributed by atoms with van der Waals surface area (Å²) >= 11 is 6.04. The van der Waals surface area contributed by atoms with Gasteiger partial charge in [-0.2, -0.15) is 0 Å². The first kappa shape index (κ1) is 14.6. The molecule has 5 heteroatoms. The van der Waals surface area contributed by atoms with Gasteiger partial charge in [-0.05, 0) is 25.5 Å². The van der Waals surface area contributed by atoms with Crippen molar-refractivity contribution in [2.24, 2.45) is 0 Å². The number of hydrogen-bond donors (Lipinski definition) is 1. The molecule has 0 bridgehead atoms. The predicted octanol–water partition coefficient (Wildman–Crippen LogP) is 3.84. The maximum atomic E-state index is 6.04. The molecular weight excluding hydrogens is 274 g/mol. The maximum absolute atomic E-state index is 6.04. The van der Waals surface area contributed by atoms with Gasteiger partial charge in [0.25, 0.3) is 0 Å². The van der Waals surface area contributed by atoms with E-state index in [-0.39, 0.29) is 0 Å². The highest BCUT2D eigenvalue weighted by molar-refractivity contribution is 6.32. The number of halogens is 1. The summed E-state index contributed by atoms with van der Waals surface area (Å²) in [5.41, 5.74) is 0.913. The molecule has 0 spiro atoms. The van der Waals surface area contributed by atoms with Gasteiger partial charge in [0.1, 0.15) is 18.2 Å². The Morgan fingerprint density at radius 3 is 2.80 bits per heavy atom. The second kappa shape index (κ2) is 7.10. The van der Waals surface area contributed by atoms with E-state index >= 15 is 0 Å². The van der Waals surface area contributed by atoms with Crippen LogP contribution in [0, 0.1) is 6.92 Å². The van der Waals surface area contributed by atoms with Gasteiger partial charge in [-0.15, -0.1) is 0 Å². The molecule has 2 aromatic rings. The number of para-hydroxylation sites is 1. The molecule has 0 radical (unpaired) electrons. The van der Waals surface area contributed by atoms with Crippen LogP contribution in [0.1, 0.15) is 24.9 Å². The molecule has 106 valence electrons. The molecule has 0 fully saturated rings. The molecule has 0 unspecified atom stereocenters. The Morgan fingerprint density at radius 1 is 1.25 bits per heavy atom. The number of nitrogens with one attached hydrogen (secondary N) is 1. The summed E-state index contributed by atoms with van der Waals surface area (Å²) in [5.74, 6) is 2.11. The number of aromatic nitrogens is 2. The number of rotatable bonds is 6. The average molecular weight is 292 g/mol. The summed E-state index contributed by atoms with van der Waals surface area (Å²) in [5, 5.41) is 3.84. The Labute approximate surface area is 124 Å². The third kappa shape index (κ3) is 4.10. The minimum atomic E-state index is 0.298. The molecule has 0 aliphatic rings. The first-order chi connectivity index (χ1) is 9.69. The molecule has 0 aliphatic carbocycles. The third-order valence-electron chi connectivity index (χ3n) is 2.65. The maximum Gasteiger partial charge on any atom is 0.168 e. The zero-order valence-electron chi connectivity index (χ0n) is 11.7. The number of benzene rings is 1. The van der Waals surface area contributed by atoms with Gasteiger partial charge in [-0.1, -0.05) is 30.7 Å². The van der Waals surface area contributed by atoms with Crippen LogP contribution in [0.15, 0.2) is 30.3 Å². The number of ether oxygens (including phenoxy) is 1. The average Bonchev–Trinajstić information content (AvgIpc) is 2.44. The molecule has 0 saturated carbocycles. The van der Waals surface area contributed by atoms with Crippen LogP contribution in [0.4, 0.5) is 5.82 Å². The van der Waals surface area contributed by atoms with Crippen molar-refractivity contribution in [1.82, 2.24) is 9.97 Å². The smallest absolute Gasteiger partial charge is 0.168 e.